The van der Waals surface area contributed by atoms with E-state index in [-0.39, 0.29) is 12.1 Å². The van der Waals surface area contributed by atoms with Crippen molar-refractivity contribution >= 4 is 22.3 Å². The van der Waals surface area contributed by atoms with Gasteiger partial charge in [0.05, 0.1) is 24.8 Å². The summed E-state index contributed by atoms with van der Waals surface area (Å²) in [6.45, 7) is 5.40. The Morgan fingerprint density at radius 3 is 3.32 bits per heavy atom. The Labute approximate surface area is 116 Å². The average molecular weight is 285 g/mol. The fourth-order valence-electron chi connectivity index (χ4n) is 1.91. The first-order valence-electron chi connectivity index (χ1n) is 6.35. The molecule has 0 amide bonds. The van der Waals surface area contributed by atoms with Gasteiger partial charge in [-0.25, -0.2) is 9.78 Å². The lowest BCUT2D eigenvalue weighted by atomic mass is 10.3. The number of hydrogen-bond donors (Lipinski definition) is 1. The molecule has 7 heteroatoms. The second kappa shape index (κ2) is 6.83. The number of morpholine rings is 1. The Balaban J connectivity index is 1.89. The Kier molecular flexibility index (Phi) is 5.12. The van der Waals surface area contributed by atoms with Crippen molar-refractivity contribution in [2.75, 3.05) is 45.2 Å². The smallest absolute Gasteiger partial charge is 0.360 e. The zero-order chi connectivity index (χ0) is 13.7. The fraction of sp³-hybridized carbons (Fsp3) is 0.667. The maximum Gasteiger partial charge on any atom is 0.360 e. The van der Waals surface area contributed by atoms with Gasteiger partial charge in [-0.15, -0.1) is 11.3 Å². The van der Waals surface area contributed by atoms with Crippen LogP contribution in [0.15, 0.2) is 5.51 Å². The third kappa shape index (κ3) is 3.89. The van der Waals surface area contributed by atoms with Gasteiger partial charge in [0.15, 0.2) is 5.69 Å². The van der Waals surface area contributed by atoms with E-state index in [4.69, 9.17) is 9.47 Å². The second-order valence-corrected chi connectivity index (χ2v) is 5.24. The van der Waals surface area contributed by atoms with E-state index < -0.39 is 0 Å². The summed E-state index contributed by atoms with van der Waals surface area (Å²) in [5, 5.41) is 3.97. The molecule has 6 nitrogen and oxygen atoms in total. The summed E-state index contributed by atoms with van der Waals surface area (Å²) < 4.78 is 10.6. The van der Waals surface area contributed by atoms with Crippen LogP contribution in [0.3, 0.4) is 0 Å². The summed E-state index contributed by atoms with van der Waals surface area (Å²) in [5.74, 6) is -0.382. The SMILES string of the molecule is CCOC(=O)c1ncsc1NCC1CN(C)CCO1. The number of thiazole rings is 1. The fourth-order valence-corrected chi connectivity index (χ4v) is 2.59. The molecule has 0 saturated carbocycles. The molecule has 19 heavy (non-hydrogen) atoms. The molecule has 1 aliphatic heterocycles. The molecule has 1 aliphatic rings. The highest BCUT2D eigenvalue weighted by Crippen LogP contribution is 2.21. The lowest BCUT2D eigenvalue weighted by Crippen LogP contribution is -2.43. The highest BCUT2D eigenvalue weighted by molar-refractivity contribution is 7.14. The van der Waals surface area contributed by atoms with Crippen molar-refractivity contribution in [3.63, 3.8) is 0 Å². The number of anilines is 1. The van der Waals surface area contributed by atoms with E-state index in [0.717, 1.165) is 24.7 Å². The van der Waals surface area contributed by atoms with Gasteiger partial charge in [-0.1, -0.05) is 0 Å². The Morgan fingerprint density at radius 1 is 1.74 bits per heavy atom. The molecule has 106 valence electrons. The third-order valence-corrected chi connectivity index (χ3v) is 3.65. The molecule has 0 spiro atoms. The Morgan fingerprint density at radius 2 is 2.58 bits per heavy atom. The first-order chi connectivity index (χ1) is 9.20. The van der Waals surface area contributed by atoms with Crippen molar-refractivity contribution in [1.29, 1.82) is 0 Å². The number of carbonyl (C=O) groups is 1. The van der Waals surface area contributed by atoms with Gasteiger partial charge in [0.1, 0.15) is 5.00 Å². The van der Waals surface area contributed by atoms with Gasteiger partial charge in [0.2, 0.25) is 0 Å². The predicted octanol–water partition coefficient (Wildman–Crippen LogP) is 1.06. The molecular formula is C12H19N3O3S. The van der Waals surface area contributed by atoms with Crippen LogP contribution >= 0.6 is 11.3 Å². The standard InChI is InChI=1S/C12H19N3O3S/c1-3-17-12(16)10-11(19-8-14-10)13-6-9-7-15(2)4-5-18-9/h8-9,13H,3-7H2,1-2H3. The number of likely N-dealkylation sites (N-methyl/N-ethyl adjacent to an activating group) is 1. The zero-order valence-corrected chi connectivity index (χ0v) is 12.0. The van der Waals surface area contributed by atoms with Crippen LogP contribution in [-0.2, 0) is 9.47 Å². The molecule has 0 radical (unpaired) electrons. The quantitative estimate of drug-likeness (QED) is 0.816. The van der Waals surface area contributed by atoms with Crippen LogP contribution in [0.1, 0.15) is 17.4 Å². The van der Waals surface area contributed by atoms with E-state index in [0.29, 0.717) is 18.8 Å². The molecule has 1 aromatic heterocycles. The lowest BCUT2D eigenvalue weighted by Gasteiger charge is -2.30. The largest absolute Gasteiger partial charge is 0.461 e. The minimum atomic E-state index is -0.382. The number of hydrogen-bond acceptors (Lipinski definition) is 7. The molecule has 1 saturated heterocycles. The Bertz CT molecular complexity index is 424. The van der Waals surface area contributed by atoms with Crippen molar-refractivity contribution in [2.45, 2.75) is 13.0 Å². The van der Waals surface area contributed by atoms with Gasteiger partial charge in [-0.05, 0) is 14.0 Å². The second-order valence-electron chi connectivity index (χ2n) is 4.39. The van der Waals surface area contributed by atoms with Crippen molar-refractivity contribution < 1.29 is 14.3 Å². The number of ether oxygens (including phenoxy) is 2. The van der Waals surface area contributed by atoms with Crippen LogP contribution in [0.4, 0.5) is 5.00 Å². The summed E-state index contributed by atoms with van der Waals surface area (Å²) in [4.78, 5) is 17.9. The summed E-state index contributed by atoms with van der Waals surface area (Å²) in [6.07, 6.45) is 0.135. The average Bonchev–Trinajstić information content (AvgIpc) is 2.85. The van der Waals surface area contributed by atoms with Crippen LogP contribution in [0.5, 0.6) is 0 Å². The van der Waals surface area contributed by atoms with E-state index in [2.05, 4.69) is 22.2 Å². The van der Waals surface area contributed by atoms with E-state index in [1.165, 1.54) is 11.3 Å². The molecule has 1 atom stereocenters. The van der Waals surface area contributed by atoms with Crippen LogP contribution in [0.2, 0.25) is 0 Å². The molecule has 0 aromatic carbocycles. The summed E-state index contributed by atoms with van der Waals surface area (Å²) in [6, 6.07) is 0. The molecule has 0 aliphatic carbocycles. The summed E-state index contributed by atoms with van der Waals surface area (Å²) >= 11 is 1.40. The highest BCUT2D eigenvalue weighted by atomic mass is 32.1. The van der Waals surface area contributed by atoms with E-state index in [1.54, 1.807) is 12.4 Å². The van der Waals surface area contributed by atoms with Crippen molar-refractivity contribution in [3.8, 4) is 0 Å². The van der Waals surface area contributed by atoms with Crippen molar-refractivity contribution in [2.24, 2.45) is 0 Å². The van der Waals surface area contributed by atoms with Gasteiger partial charge in [0, 0.05) is 19.6 Å². The minimum absolute atomic E-state index is 0.135. The zero-order valence-electron chi connectivity index (χ0n) is 11.2. The molecule has 2 rings (SSSR count). The van der Waals surface area contributed by atoms with Gasteiger partial charge in [-0.2, -0.15) is 0 Å². The summed E-state index contributed by atoms with van der Waals surface area (Å²) in [5.41, 5.74) is 2.00. The first-order valence-corrected chi connectivity index (χ1v) is 7.23. The highest BCUT2D eigenvalue weighted by Gasteiger charge is 2.20. The molecular weight excluding hydrogens is 266 g/mol. The molecule has 0 bridgehead atoms. The lowest BCUT2D eigenvalue weighted by molar-refractivity contribution is -0.0117. The molecule has 1 unspecified atom stereocenters. The van der Waals surface area contributed by atoms with Crippen molar-refractivity contribution in [1.82, 2.24) is 9.88 Å². The number of rotatable bonds is 5. The Hall–Kier alpha value is -1.18. The van der Waals surface area contributed by atoms with Crippen molar-refractivity contribution in [3.05, 3.63) is 11.2 Å². The topological polar surface area (TPSA) is 63.7 Å². The van der Waals surface area contributed by atoms with E-state index >= 15 is 0 Å². The normalized spacial score (nSPS) is 20.2. The molecule has 1 aromatic rings. The maximum absolute atomic E-state index is 11.7. The number of aromatic nitrogens is 1. The number of carbonyl (C=O) groups excluding carboxylic acids is 1. The van der Waals surface area contributed by atoms with Crippen LogP contribution < -0.4 is 5.32 Å². The van der Waals surface area contributed by atoms with Gasteiger partial charge >= 0.3 is 5.97 Å². The number of esters is 1. The molecule has 1 N–H and O–H groups in total. The molecule has 2 heterocycles. The van der Waals surface area contributed by atoms with Gasteiger partial charge < -0.3 is 19.7 Å². The van der Waals surface area contributed by atoms with Crippen LogP contribution in [-0.4, -0.2) is 61.9 Å². The van der Waals surface area contributed by atoms with Gasteiger partial charge in [-0.3, -0.25) is 0 Å². The minimum Gasteiger partial charge on any atom is -0.461 e. The van der Waals surface area contributed by atoms with Crippen LogP contribution in [0, 0.1) is 0 Å². The predicted molar refractivity (Wildman–Crippen MR) is 73.8 cm³/mol. The number of nitrogens with one attached hydrogen (secondary N) is 1. The van der Waals surface area contributed by atoms with Crippen LogP contribution in [0.25, 0.3) is 0 Å². The number of nitrogens with zero attached hydrogens (tertiary/aromatic N) is 2. The third-order valence-electron chi connectivity index (χ3n) is 2.87. The van der Waals surface area contributed by atoms with E-state index in [9.17, 15) is 4.79 Å². The molecule has 1 fully saturated rings. The summed E-state index contributed by atoms with van der Waals surface area (Å²) in [7, 11) is 2.08. The van der Waals surface area contributed by atoms with E-state index in [1.807, 2.05) is 0 Å². The van der Waals surface area contributed by atoms with Gasteiger partial charge in [0.25, 0.3) is 0 Å². The first kappa shape index (κ1) is 14.2. The monoisotopic (exact) mass is 285 g/mol. The maximum atomic E-state index is 11.7.